The molecule has 2 saturated carbocycles. The SMILES string of the molecule is CN(CCCOc1cccc(C=NCC(=S)CN=C2CC[C@H]3[C@@H]4CCc5cc(O)ccc5[C@H]4CC[C@]23C)c1)CCC(O)(P(=O)(O)O)P(=O)(O)O. The number of aromatic hydroxyl groups is 1. The van der Waals surface area contributed by atoms with E-state index in [-0.39, 0.29) is 12.0 Å². The molecule has 274 valence electrons. The molecule has 50 heavy (non-hydrogen) atoms. The van der Waals surface area contributed by atoms with E-state index in [1.807, 2.05) is 36.4 Å². The Kier molecular flexibility index (Phi) is 12.2. The number of aryl methyl sites for hydroxylation is 1. The van der Waals surface area contributed by atoms with E-state index in [4.69, 9.17) is 21.9 Å². The van der Waals surface area contributed by atoms with Gasteiger partial charge >= 0.3 is 15.2 Å². The summed E-state index contributed by atoms with van der Waals surface area (Å²) in [5, 5.41) is 16.6. The minimum absolute atomic E-state index is 0.118. The highest BCUT2D eigenvalue weighted by molar-refractivity contribution is 7.80. The standard InChI is InChI=1S/C35H49N3O9P2S/c1-34-14-13-30-29-10-8-26(39)20-25(29)7-9-31(30)32(34)11-12-33(34)37-23-28(50)22-36-21-24-5-3-6-27(19-24)47-18-4-16-38(2)17-15-35(40,48(41,42)43)49(44,45)46/h3,5-6,8,10,19-21,30-32,39-40H,4,7,9,11-18,22-23H2,1-2H3,(H2,41,42,43)(H2,44,45,46)/t30-,31-,32+,34+/m1/s1. The number of hydrogen-bond acceptors (Lipinski definition) is 9. The molecule has 0 saturated heterocycles. The van der Waals surface area contributed by atoms with Crippen LogP contribution < -0.4 is 4.74 Å². The van der Waals surface area contributed by atoms with Crippen LogP contribution in [0.25, 0.3) is 0 Å². The van der Waals surface area contributed by atoms with Gasteiger partial charge in [-0.1, -0.05) is 37.3 Å². The summed E-state index contributed by atoms with van der Waals surface area (Å²) in [7, 11) is -9.33. The van der Waals surface area contributed by atoms with Gasteiger partial charge < -0.3 is 39.4 Å². The number of phenols is 1. The van der Waals surface area contributed by atoms with E-state index in [0.717, 1.165) is 36.1 Å². The van der Waals surface area contributed by atoms with Gasteiger partial charge in [0.15, 0.2) is 0 Å². The Labute approximate surface area is 299 Å². The van der Waals surface area contributed by atoms with E-state index in [9.17, 15) is 38.9 Å². The van der Waals surface area contributed by atoms with Crippen LogP contribution in [0.4, 0.5) is 0 Å². The van der Waals surface area contributed by atoms with Crippen molar-refractivity contribution in [2.75, 3.05) is 39.8 Å². The molecule has 6 N–H and O–H groups in total. The zero-order chi connectivity index (χ0) is 36.3. The topological polar surface area (TPSA) is 193 Å². The van der Waals surface area contributed by atoms with Crippen LogP contribution in [0.15, 0.2) is 52.4 Å². The first-order valence-corrected chi connectivity index (χ1v) is 20.8. The van der Waals surface area contributed by atoms with Crippen molar-refractivity contribution in [1.82, 2.24) is 4.90 Å². The number of nitrogens with zero attached hydrogens (tertiary/aromatic N) is 3. The molecule has 2 aromatic carbocycles. The van der Waals surface area contributed by atoms with Gasteiger partial charge in [-0.2, -0.15) is 0 Å². The highest BCUT2D eigenvalue weighted by Gasteiger charge is 2.59. The summed E-state index contributed by atoms with van der Waals surface area (Å²) < 4.78 is 28.9. The summed E-state index contributed by atoms with van der Waals surface area (Å²) in [4.78, 5) is 49.2. The van der Waals surface area contributed by atoms with E-state index in [1.165, 1.54) is 29.7 Å². The minimum atomic E-state index is -5.47. The van der Waals surface area contributed by atoms with Crippen LogP contribution in [0.1, 0.15) is 74.5 Å². The van der Waals surface area contributed by atoms with Gasteiger partial charge in [-0.15, -0.1) is 0 Å². The number of thiocarbonyl (C=S) groups is 1. The highest BCUT2D eigenvalue weighted by atomic mass is 32.1. The summed E-state index contributed by atoms with van der Waals surface area (Å²) in [6.07, 6.45) is 8.18. The van der Waals surface area contributed by atoms with Gasteiger partial charge in [0.1, 0.15) is 11.5 Å². The molecule has 0 bridgehead atoms. The molecule has 4 atom stereocenters. The smallest absolute Gasteiger partial charge is 0.369 e. The van der Waals surface area contributed by atoms with Crippen molar-refractivity contribution in [3.63, 3.8) is 0 Å². The summed E-state index contributed by atoms with van der Waals surface area (Å²) in [5.41, 5.74) is 5.03. The van der Waals surface area contributed by atoms with Gasteiger partial charge in [-0.3, -0.25) is 19.1 Å². The fraction of sp³-hybridized carbons (Fsp3) is 0.571. The van der Waals surface area contributed by atoms with Gasteiger partial charge in [0, 0.05) is 41.7 Å². The van der Waals surface area contributed by atoms with E-state index in [0.29, 0.717) is 61.9 Å². The molecule has 0 spiro atoms. The van der Waals surface area contributed by atoms with Crippen LogP contribution in [0, 0.1) is 17.3 Å². The monoisotopic (exact) mass is 749 g/mol. The molecular formula is C35H49N3O9P2S. The predicted octanol–water partition coefficient (Wildman–Crippen LogP) is 5.27. The zero-order valence-corrected chi connectivity index (χ0v) is 31.2. The summed E-state index contributed by atoms with van der Waals surface area (Å²) in [6.45, 7) is 3.90. The number of hydrogen-bond donors (Lipinski definition) is 6. The lowest BCUT2D eigenvalue weighted by molar-refractivity contribution is 0.0955. The molecular weight excluding hydrogens is 700 g/mol. The van der Waals surface area contributed by atoms with E-state index >= 15 is 0 Å². The maximum absolute atomic E-state index is 11.5. The number of phenolic OH excluding ortho intramolecular Hbond substituents is 1. The lowest BCUT2D eigenvalue weighted by atomic mass is 9.55. The van der Waals surface area contributed by atoms with Crippen LogP contribution in [0.2, 0.25) is 0 Å². The molecule has 5 rings (SSSR count). The fourth-order valence-corrected chi connectivity index (χ4v) is 10.5. The highest BCUT2D eigenvalue weighted by Crippen LogP contribution is 2.69. The van der Waals surface area contributed by atoms with Crippen LogP contribution >= 0.6 is 27.4 Å². The quantitative estimate of drug-likeness (QED) is 0.0602. The van der Waals surface area contributed by atoms with E-state index in [2.05, 4.69) is 18.0 Å². The molecule has 0 amide bonds. The third-order valence-corrected chi connectivity index (χ3v) is 15.1. The Morgan fingerprint density at radius 3 is 2.56 bits per heavy atom. The van der Waals surface area contributed by atoms with Crippen LogP contribution in [0.3, 0.4) is 0 Å². The second kappa shape index (κ2) is 15.7. The summed E-state index contributed by atoms with van der Waals surface area (Å²) >= 11 is 5.67. The van der Waals surface area contributed by atoms with Crippen molar-refractivity contribution in [3.05, 3.63) is 59.2 Å². The number of aliphatic hydroxyl groups is 1. The second-order valence-corrected chi connectivity index (χ2v) is 18.8. The van der Waals surface area contributed by atoms with Crippen molar-refractivity contribution in [1.29, 1.82) is 0 Å². The van der Waals surface area contributed by atoms with Crippen molar-refractivity contribution in [3.8, 4) is 11.5 Å². The molecule has 0 heterocycles. The second-order valence-electron chi connectivity index (χ2n) is 14.3. The molecule has 0 radical (unpaired) electrons. The van der Waals surface area contributed by atoms with Crippen molar-refractivity contribution < 1.29 is 43.7 Å². The molecule has 0 aliphatic heterocycles. The average molecular weight is 750 g/mol. The van der Waals surface area contributed by atoms with Crippen LogP contribution in [-0.2, 0) is 15.6 Å². The Hall–Kier alpha value is -2.31. The molecule has 15 heteroatoms. The predicted molar refractivity (Wildman–Crippen MR) is 198 cm³/mol. The van der Waals surface area contributed by atoms with Gasteiger partial charge in [0.2, 0.25) is 0 Å². The average Bonchev–Trinajstić information content (AvgIpc) is 3.39. The van der Waals surface area contributed by atoms with Crippen LogP contribution in [-0.4, -0.2) is 96.4 Å². The fourth-order valence-electron chi connectivity index (χ4n) is 8.23. The first-order valence-electron chi connectivity index (χ1n) is 17.1. The largest absolute Gasteiger partial charge is 0.508 e. The van der Waals surface area contributed by atoms with Gasteiger partial charge in [0.05, 0.1) is 19.7 Å². The minimum Gasteiger partial charge on any atom is -0.508 e. The first-order chi connectivity index (χ1) is 23.5. The number of ether oxygens (including phenoxy) is 1. The molecule has 3 aliphatic rings. The first kappa shape index (κ1) is 38.9. The van der Waals surface area contributed by atoms with Crippen molar-refractivity contribution in [2.45, 2.75) is 69.3 Å². The third-order valence-electron chi connectivity index (χ3n) is 11.0. The number of rotatable bonds is 15. The Balaban J connectivity index is 1.05. The lowest BCUT2D eigenvalue weighted by Gasteiger charge is -2.49. The van der Waals surface area contributed by atoms with E-state index in [1.54, 1.807) is 18.2 Å². The molecule has 2 fully saturated rings. The Bertz CT molecular complexity index is 1690. The van der Waals surface area contributed by atoms with Gasteiger partial charge in [-0.05, 0) is 111 Å². The molecule has 2 aromatic rings. The molecule has 3 aliphatic carbocycles. The maximum Gasteiger partial charge on any atom is 0.369 e. The number of aliphatic imine (C=N–C) groups is 2. The van der Waals surface area contributed by atoms with Gasteiger partial charge in [-0.25, -0.2) is 0 Å². The summed E-state index contributed by atoms with van der Waals surface area (Å²) in [6, 6.07) is 13.4. The number of fused-ring (bicyclic) bond motifs is 5. The van der Waals surface area contributed by atoms with E-state index < -0.39 is 26.7 Å². The Morgan fingerprint density at radius 2 is 1.82 bits per heavy atom. The van der Waals surface area contributed by atoms with Gasteiger partial charge in [0.25, 0.3) is 5.08 Å². The Morgan fingerprint density at radius 1 is 1.06 bits per heavy atom. The zero-order valence-electron chi connectivity index (χ0n) is 28.6. The molecule has 12 nitrogen and oxygen atoms in total. The van der Waals surface area contributed by atoms with Crippen LogP contribution in [0.5, 0.6) is 11.5 Å². The molecule has 0 aromatic heterocycles. The molecule has 0 unspecified atom stereocenters. The van der Waals surface area contributed by atoms with Crippen molar-refractivity contribution >= 4 is 44.2 Å². The number of benzene rings is 2. The maximum atomic E-state index is 11.5. The lowest BCUT2D eigenvalue weighted by Crippen LogP contribution is -2.42. The third kappa shape index (κ3) is 8.65. The summed E-state index contributed by atoms with van der Waals surface area (Å²) in [5.74, 6) is 2.86. The van der Waals surface area contributed by atoms with Crippen molar-refractivity contribution in [2.24, 2.45) is 27.2 Å². The normalized spacial score (nSPS) is 24.7.